The highest BCUT2D eigenvalue weighted by molar-refractivity contribution is 5.70. The highest BCUT2D eigenvalue weighted by Crippen LogP contribution is 2.24. The topological polar surface area (TPSA) is 69.9 Å². The standard InChI is InChI=1S/C9H8F2N4/c10-6-1-5(2-7(11)3-6)8-9(12)15(13)4-14-8/h1-4H,12-13H2. The van der Waals surface area contributed by atoms with Crippen LogP contribution in [0.25, 0.3) is 11.3 Å². The molecular weight excluding hydrogens is 202 g/mol. The lowest BCUT2D eigenvalue weighted by atomic mass is 10.1. The molecule has 2 aromatic rings. The van der Waals surface area contributed by atoms with Crippen LogP contribution < -0.4 is 11.6 Å². The van der Waals surface area contributed by atoms with E-state index in [2.05, 4.69) is 4.98 Å². The average Bonchev–Trinajstić information content (AvgIpc) is 2.46. The maximum absolute atomic E-state index is 12.9. The van der Waals surface area contributed by atoms with E-state index in [4.69, 9.17) is 11.6 Å². The zero-order valence-electron chi connectivity index (χ0n) is 7.61. The number of nitrogen functional groups attached to an aromatic ring is 2. The van der Waals surface area contributed by atoms with Crippen LogP contribution in [0.4, 0.5) is 14.6 Å². The molecule has 2 rings (SSSR count). The fraction of sp³-hybridized carbons (Fsp3) is 0. The van der Waals surface area contributed by atoms with Crippen molar-refractivity contribution in [1.82, 2.24) is 9.66 Å². The molecule has 1 aromatic heterocycles. The van der Waals surface area contributed by atoms with Crippen LogP contribution in [0, 0.1) is 11.6 Å². The molecule has 0 saturated carbocycles. The lowest BCUT2D eigenvalue weighted by Crippen LogP contribution is -2.10. The van der Waals surface area contributed by atoms with Crippen molar-refractivity contribution in [2.24, 2.45) is 0 Å². The van der Waals surface area contributed by atoms with Crippen molar-refractivity contribution < 1.29 is 8.78 Å². The zero-order valence-corrected chi connectivity index (χ0v) is 7.61. The van der Waals surface area contributed by atoms with Crippen molar-refractivity contribution in [3.05, 3.63) is 36.2 Å². The summed E-state index contributed by atoms with van der Waals surface area (Å²) in [5, 5.41) is 0. The Morgan fingerprint density at radius 1 is 1.13 bits per heavy atom. The summed E-state index contributed by atoms with van der Waals surface area (Å²) in [4.78, 5) is 3.85. The largest absolute Gasteiger partial charge is 0.382 e. The molecule has 78 valence electrons. The number of hydrogen-bond acceptors (Lipinski definition) is 3. The quantitative estimate of drug-likeness (QED) is 0.693. The van der Waals surface area contributed by atoms with Gasteiger partial charge in [-0.1, -0.05) is 0 Å². The summed E-state index contributed by atoms with van der Waals surface area (Å²) >= 11 is 0. The summed E-state index contributed by atoms with van der Waals surface area (Å²) in [6.45, 7) is 0. The Morgan fingerprint density at radius 2 is 1.73 bits per heavy atom. The molecule has 0 fully saturated rings. The van der Waals surface area contributed by atoms with Crippen LogP contribution in [0.3, 0.4) is 0 Å². The Kier molecular flexibility index (Phi) is 2.03. The number of aromatic nitrogens is 2. The van der Waals surface area contributed by atoms with Crippen LogP contribution >= 0.6 is 0 Å². The Labute approximate surface area is 84.1 Å². The molecule has 1 heterocycles. The Bertz CT molecular complexity index is 487. The Balaban J connectivity index is 2.58. The van der Waals surface area contributed by atoms with Crippen molar-refractivity contribution in [3.8, 4) is 11.3 Å². The summed E-state index contributed by atoms with van der Waals surface area (Å²) in [6, 6.07) is 3.06. The Morgan fingerprint density at radius 3 is 2.20 bits per heavy atom. The summed E-state index contributed by atoms with van der Waals surface area (Å²) in [5.41, 5.74) is 6.08. The van der Waals surface area contributed by atoms with Gasteiger partial charge in [-0.25, -0.2) is 18.4 Å². The average molecular weight is 210 g/mol. The van der Waals surface area contributed by atoms with Gasteiger partial charge in [0.05, 0.1) is 0 Å². The predicted octanol–water partition coefficient (Wildman–Crippen LogP) is 1.12. The minimum atomic E-state index is -0.684. The number of anilines is 1. The molecule has 0 aliphatic heterocycles. The van der Waals surface area contributed by atoms with E-state index in [0.717, 1.165) is 22.9 Å². The first kappa shape index (κ1) is 9.45. The van der Waals surface area contributed by atoms with Gasteiger partial charge in [-0.15, -0.1) is 0 Å². The number of nitrogens with two attached hydrogens (primary N) is 2. The van der Waals surface area contributed by atoms with Crippen LogP contribution in [-0.2, 0) is 0 Å². The van der Waals surface area contributed by atoms with Gasteiger partial charge in [-0.2, -0.15) is 0 Å². The number of imidazole rings is 1. The van der Waals surface area contributed by atoms with Crippen LogP contribution in [0.15, 0.2) is 24.5 Å². The van der Waals surface area contributed by atoms with E-state index < -0.39 is 11.6 Å². The molecule has 6 heteroatoms. The summed E-state index contributed by atoms with van der Waals surface area (Å²) < 4.78 is 26.9. The normalized spacial score (nSPS) is 10.5. The molecule has 4 N–H and O–H groups in total. The van der Waals surface area contributed by atoms with E-state index in [1.165, 1.54) is 6.33 Å². The number of nitrogens with zero attached hydrogens (tertiary/aromatic N) is 2. The van der Waals surface area contributed by atoms with E-state index in [0.29, 0.717) is 0 Å². The molecule has 0 aliphatic carbocycles. The third kappa shape index (κ3) is 1.61. The monoisotopic (exact) mass is 210 g/mol. The molecule has 0 radical (unpaired) electrons. The molecule has 15 heavy (non-hydrogen) atoms. The molecule has 0 unspecified atom stereocenters. The second-order valence-electron chi connectivity index (χ2n) is 3.04. The van der Waals surface area contributed by atoms with E-state index in [1.54, 1.807) is 0 Å². The summed E-state index contributed by atoms with van der Waals surface area (Å²) in [7, 11) is 0. The number of benzene rings is 1. The second kappa shape index (κ2) is 3.23. The molecule has 0 bridgehead atoms. The first-order chi connectivity index (χ1) is 7.08. The van der Waals surface area contributed by atoms with Gasteiger partial charge in [-0.3, -0.25) is 0 Å². The molecule has 0 atom stereocenters. The fourth-order valence-corrected chi connectivity index (χ4v) is 1.28. The Hall–Kier alpha value is -2.11. The smallest absolute Gasteiger partial charge is 0.150 e. The van der Waals surface area contributed by atoms with Gasteiger partial charge in [-0.05, 0) is 12.1 Å². The molecule has 0 amide bonds. The van der Waals surface area contributed by atoms with Crippen molar-refractivity contribution in [1.29, 1.82) is 0 Å². The van der Waals surface area contributed by atoms with Gasteiger partial charge < -0.3 is 11.6 Å². The maximum Gasteiger partial charge on any atom is 0.150 e. The molecule has 4 nitrogen and oxygen atoms in total. The first-order valence-corrected chi connectivity index (χ1v) is 4.12. The zero-order chi connectivity index (χ0) is 11.0. The van der Waals surface area contributed by atoms with E-state index in [1.807, 2.05) is 0 Å². The van der Waals surface area contributed by atoms with Gasteiger partial charge in [0, 0.05) is 11.6 Å². The van der Waals surface area contributed by atoms with Crippen LogP contribution in [0.1, 0.15) is 0 Å². The molecule has 0 spiro atoms. The van der Waals surface area contributed by atoms with Crippen LogP contribution in [-0.4, -0.2) is 9.66 Å². The molecule has 0 aliphatic rings. The number of halogens is 2. The van der Waals surface area contributed by atoms with Gasteiger partial charge >= 0.3 is 0 Å². The fourth-order valence-electron chi connectivity index (χ4n) is 1.28. The molecule has 0 saturated heterocycles. The highest BCUT2D eigenvalue weighted by Gasteiger charge is 2.10. The van der Waals surface area contributed by atoms with Crippen molar-refractivity contribution in [2.45, 2.75) is 0 Å². The minimum absolute atomic E-state index is 0.153. The molecule has 1 aromatic carbocycles. The minimum Gasteiger partial charge on any atom is -0.382 e. The van der Waals surface area contributed by atoms with Crippen molar-refractivity contribution >= 4 is 5.82 Å². The van der Waals surface area contributed by atoms with Crippen molar-refractivity contribution in [2.75, 3.05) is 11.6 Å². The third-order valence-corrected chi connectivity index (χ3v) is 1.97. The van der Waals surface area contributed by atoms with E-state index in [-0.39, 0.29) is 17.1 Å². The SMILES string of the molecule is Nc1c(-c2cc(F)cc(F)c2)ncn1N. The third-order valence-electron chi connectivity index (χ3n) is 1.97. The van der Waals surface area contributed by atoms with Gasteiger partial charge in [0.15, 0.2) is 5.82 Å². The summed E-state index contributed by atoms with van der Waals surface area (Å²) in [5.74, 6) is 4.18. The van der Waals surface area contributed by atoms with Gasteiger partial charge in [0.25, 0.3) is 0 Å². The van der Waals surface area contributed by atoms with Crippen molar-refractivity contribution in [3.63, 3.8) is 0 Å². The molecular formula is C9H8F2N4. The van der Waals surface area contributed by atoms with Gasteiger partial charge in [0.2, 0.25) is 0 Å². The lowest BCUT2D eigenvalue weighted by Gasteiger charge is -2.00. The first-order valence-electron chi connectivity index (χ1n) is 4.12. The van der Waals surface area contributed by atoms with Crippen LogP contribution in [0.5, 0.6) is 0 Å². The predicted molar refractivity (Wildman–Crippen MR) is 52.1 cm³/mol. The summed E-state index contributed by atoms with van der Waals surface area (Å²) in [6.07, 6.45) is 1.27. The van der Waals surface area contributed by atoms with Crippen LogP contribution in [0.2, 0.25) is 0 Å². The maximum atomic E-state index is 12.9. The second-order valence-corrected chi connectivity index (χ2v) is 3.04. The highest BCUT2D eigenvalue weighted by atomic mass is 19.1. The lowest BCUT2D eigenvalue weighted by molar-refractivity contribution is 0.584. The van der Waals surface area contributed by atoms with E-state index >= 15 is 0 Å². The number of hydrogen-bond donors (Lipinski definition) is 2. The number of rotatable bonds is 1. The van der Waals surface area contributed by atoms with Gasteiger partial charge in [0.1, 0.15) is 23.7 Å². The van der Waals surface area contributed by atoms with E-state index in [9.17, 15) is 8.78 Å².